The molecule has 1 aliphatic heterocycles. The molecular weight excluding hydrogens is 447 g/mol. The summed E-state index contributed by atoms with van der Waals surface area (Å²) in [7, 11) is 0. The quantitative estimate of drug-likeness (QED) is 0.535. The lowest BCUT2D eigenvalue weighted by atomic mass is 9.96. The third kappa shape index (κ3) is 5.13. The zero-order valence-electron chi connectivity index (χ0n) is 15.9. The number of aromatic nitrogens is 2. The van der Waals surface area contributed by atoms with Crippen molar-refractivity contribution in [2.45, 2.75) is 19.4 Å². The number of amides is 1. The molecular formula is C21H19Cl3N4O2. The minimum atomic E-state index is -0.0552. The van der Waals surface area contributed by atoms with Gasteiger partial charge in [-0.05, 0) is 56.3 Å². The number of anilines is 1. The number of halogens is 3. The Labute approximate surface area is 189 Å². The second-order valence-electron chi connectivity index (χ2n) is 7.19. The maximum atomic E-state index is 12.6. The topological polar surface area (TPSA) is 71.3 Å². The summed E-state index contributed by atoms with van der Waals surface area (Å²) in [5.41, 5.74) is 1.46. The van der Waals surface area contributed by atoms with Crippen LogP contribution in [0.5, 0.6) is 0 Å². The SMILES string of the molecule is O=C(Nc1ccc(Cl)c(Cl)c1)C1CCN(Cc2nc(-c3cccc(Cl)c3)no2)CC1. The molecule has 1 N–H and O–H groups in total. The lowest BCUT2D eigenvalue weighted by Gasteiger charge is -2.30. The Morgan fingerprint density at radius 3 is 2.63 bits per heavy atom. The first-order valence-electron chi connectivity index (χ1n) is 9.55. The van der Waals surface area contributed by atoms with Crippen LogP contribution in [0.3, 0.4) is 0 Å². The van der Waals surface area contributed by atoms with Crippen molar-refractivity contribution in [2.75, 3.05) is 18.4 Å². The number of carbonyl (C=O) groups is 1. The molecule has 6 nitrogen and oxygen atoms in total. The van der Waals surface area contributed by atoms with Crippen molar-refractivity contribution in [2.24, 2.45) is 5.92 Å². The van der Waals surface area contributed by atoms with Crippen molar-refractivity contribution in [1.29, 1.82) is 0 Å². The standard InChI is InChI=1S/C21H19Cl3N4O2/c22-15-3-1-2-14(10-15)20-26-19(30-27-20)12-28-8-6-13(7-9-28)21(29)25-16-4-5-17(23)18(24)11-16/h1-5,10-11,13H,6-9,12H2,(H,25,29). The van der Waals surface area contributed by atoms with Crippen molar-refractivity contribution < 1.29 is 9.32 Å². The number of benzene rings is 2. The van der Waals surface area contributed by atoms with Crippen LogP contribution in [-0.4, -0.2) is 34.0 Å². The van der Waals surface area contributed by atoms with E-state index in [0.29, 0.717) is 39.0 Å². The third-order valence-electron chi connectivity index (χ3n) is 5.06. The average molecular weight is 466 g/mol. The molecule has 0 spiro atoms. The fourth-order valence-electron chi connectivity index (χ4n) is 3.43. The van der Waals surface area contributed by atoms with Crippen molar-refractivity contribution in [3.63, 3.8) is 0 Å². The first kappa shape index (κ1) is 21.1. The van der Waals surface area contributed by atoms with E-state index in [0.717, 1.165) is 31.5 Å². The molecule has 1 aliphatic rings. The number of hydrogen-bond acceptors (Lipinski definition) is 5. The zero-order chi connectivity index (χ0) is 21.1. The second-order valence-corrected chi connectivity index (χ2v) is 8.44. The molecule has 1 saturated heterocycles. The highest BCUT2D eigenvalue weighted by atomic mass is 35.5. The Hall–Kier alpha value is -2.12. The largest absolute Gasteiger partial charge is 0.338 e. The van der Waals surface area contributed by atoms with Crippen molar-refractivity contribution in [1.82, 2.24) is 15.0 Å². The van der Waals surface area contributed by atoms with E-state index < -0.39 is 0 Å². The van der Waals surface area contributed by atoms with Crippen LogP contribution in [-0.2, 0) is 11.3 Å². The van der Waals surface area contributed by atoms with Crippen LogP contribution >= 0.6 is 34.8 Å². The fraction of sp³-hybridized carbons (Fsp3) is 0.286. The summed E-state index contributed by atoms with van der Waals surface area (Å²) in [5.74, 6) is 1.00. The number of carbonyl (C=O) groups excluding carboxylic acids is 1. The molecule has 0 radical (unpaired) electrons. The van der Waals surface area contributed by atoms with Gasteiger partial charge in [0, 0.05) is 22.2 Å². The molecule has 0 atom stereocenters. The zero-order valence-corrected chi connectivity index (χ0v) is 18.2. The molecule has 3 aromatic rings. The van der Waals surface area contributed by atoms with Gasteiger partial charge in [-0.25, -0.2) is 0 Å². The summed E-state index contributed by atoms with van der Waals surface area (Å²) < 4.78 is 5.39. The van der Waals surface area contributed by atoms with Crippen LogP contribution in [0.15, 0.2) is 47.0 Å². The van der Waals surface area contributed by atoms with E-state index in [1.807, 2.05) is 12.1 Å². The molecule has 0 saturated carbocycles. The first-order valence-corrected chi connectivity index (χ1v) is 10.7. The van der Waals surface area contributed by atoms with Crippen LogP contribution in [0, 0.1) is 5.92 Å². The van der Waals surface area contributed by atoms with Gasteiger partial charge in [-0.2, -0.15) is 4.98 Å². The van der Waals surface area contributed by atoms with Gasteiger partial charge in [0.25, 0.3) is 0 Å². The first-order chi connectivity index (χ1) is 14.5. The highest BCUT2D eigenvalue weighted by Gasteiger charge is 2.26. The summed E-state index contributed by atoms with van der Waals surface area (Å²) in [5, 5.41) is 8.46. The second kappa shape index (κ2) is 9.35. The number of nitrogens with one attached hydrogen (secondary N) is 1. The lowest BCUT2D eigenvalue weighted by molar-refractivity contribution is -0.121. The van der Waals surface area contributed by atoms with E-state index in [9.17, 15) is 4.79 Å². The Kier molecular flexibility index (Phi) is 6.58. The lowest BCUT2D eigenvalue weighted by Crippen LogP contribution is -2.37. The summed E-state index contributed by atoms with van der Waals surface area (Å²) in [4.78, 5) is 19.2. The van der Waals surface area contributed by atoms with Gasteiger partial charge in [0.15, 0.2) is 0 Å². The highest BCUT2D eigenvalue weighted by molar-refractivity contribution is 6.42. The number of piperidine rings is 1. The summed E-state index contributed by atoms with van der Waals surface area (Å²) in [6, 6.07) is 12.4. The normalized spacial score (nSPS) is 15.3. The Morgan fingerprint density at radius 2 is 1.90 bits per heavy atom. The van der Waals surface area contributed by atoms with E-state index in [-0.39, 0.29) is 11.8 Å². The van der Waals surface area contributed by atoms with E-state index in [2.05, 4.69) is 20.4 Å². The molecule has 156 valence electrons. The van der Waals surface area contributed by atoms with Gasteiger partial charge < -0.3 is 9.84 Å². The van der Waals surface area contributed by atoms with Gasteiger partial charge in [-0.1, -0.05) is 52.1 Å². The summed E-state index contributed by atoms with van der Waals surface area (Å²) in [6.45, 7) is 2.09. The maximum absolute atomic E-state index is 12.6. The van der Waals surface area contributed by atoms with E-state index in [1.165, 1.54) is 0 Å². The van der Waals surface area contributed by atoms with Gasteiger partial charge in [-0.15, -0.1) is 0 Å². The van der Waals surface area contributed by atoms with E-state index >= 15 is 0 Å². The fourth-order valence-corrected chi connectivity index (χ4v) is 3.92. The minimum Gasteiger partial charge on any atom is -0.338 e. The average Bonchev–Trinajstić information content (AvgIpc) is 3.20. The van der Waals surface area contributed by atoms with Gasteiger partial charge in [0.1, 0.15) is 0 Å². The molecule has 1 amide bonds. The van der Waals surface area contributed by atoms with E-state index in [4.69, 9.17) is 39.3 Å². The Morgan fingerprint density at radius 1 is 1.10 bits per heavy atom. The molecule has 0 aliphatic carbocycles. The smallest absolute Gasteiger partial charge is 0.241 e. The molecule has 4 rings (SSSR count). The monoisotopic (exact) mass is 464 g/mol. The summed E-state index contributed by atoms with van der Waals surface area (Å²) in [6.07, 6.45) is 1.50. The minimum absolute atomic E-state index is 0.00549. The third-order valence-corrected chi connectivity index (χ3v) is 6.03. The number of nitrogens with zero attached hydrogens (tertiary/aromatic N) is 3. The van der Waals surface area contributed by atoms with Crippen molar-refractivity contribution >= 4 is 46.4 Å². The molecule has 2 heterocycles. The predicted octanol–water partition coefficient (Wildman–Crippen LogP) is 5.55. The molecule has 1 aromatic heterocycles. The molecule has 30 heavy (non-hydrogen) atoms. The molecule has 2 aromatic carbocycles. The highest BCUT2D eigenvalue weighted by Crippen LogP contribution is 2.27. The van der Waals surface area contributed by atoms with Crippen molar-refractivity contribution in [3.8, 4) is 11.4 Å². The van der Waals surface area contributed by atoms with Crippen LogP contribution in [0.1, 0.15) is 18.7 Å². The van der Waals surface area contributed by atoms with Crippen LogP contribution in [0.25, 0.3) is 11.4 Å². The van der Waals surface area contributed by atoms with Crippen LogP contribution in [0.4, 0.5) is 5.69 Å². The molecule has 0 unspecified atom stereocenters. The maximum Gasteiger partial charge on any atom is 0.241 e. The van der Waals surface area contributed by atoms with Gasteiger partial charge >= 0.3 is 0 Å². The molecule has 1 fully saturated rings. The predicted molar refractivity (Wildman–Crippen MR) is 118 cm³/mol. The molecule has 9 heteroatoms. The van der Waals surface area contributed by atoms with E-state index in [1.54, 1.807) is 30.3 Å². The Bertz CT molecular complexity index is 1050. The van der Waals surface area contributed by atoms with Gasteiger partial charge in [0.2, 0.25) is 17.6 Å². The van der Waals surface area contributed by atoms with Crippen LogP contribution in [0.2, 0.25) is 15.1 Å². The summed E-state index contributed by atoms with van der Waals surface area (Å²) >= 11 is 18.0. The van der Waals surface area contributed by atoms with Gasteiger partial charge in [0.05, 0.1) is 16.6 Å². The molecule has 0 bridgehead atoms. The Balaban J connectivity index is 1.29. The number of hydrogen-bond donors (Lipinski definition) is 1. The number of likely N-dealkylation sites (tertiary alicyclic amines) is 1. The van der Waals surface area contributed by atoms with Crippen molar-refractivity contribution in [3.05, 3.63) is 63.4 Å². The number of rotatable bonds is 5. The van der Waals surface area contributed by atoms with Crippen LogP contribution < -0.4 is 5.32 Å². The van der Waals surface area contributed by atoms with Gasteiger partial charge in [-0.3, -0.25) is 9.69 Å².